The number of hydrogen-bond acceptors (Lipinski definition) is 4. The number of aliphatic hydroxyl groups is 1. The van der Waals surface area contributed by atoms with Gasteiger partial charge in [0.2, 0.25) is 0 Å². The molecule has 1 aliphatic rings. The Hall–Kier alpha value is -2.14. The van der Waals surface area contributed by atoms with E-state index in [1.54, 1.807) is 11.8 Å². The topological polar surface area (TPSA) is 62.7 Å². The van der Waals surface area contributed by atoms with Gasteiger partial charge in [0.25, 0.3) is 0 Å². The molecule has 1 aromatic carbocycles. The molecule has 3 rings (SSSR count). The first-order valence-corrected chi connectivity index (χ1v) is 7.59. The third kappa shape index (κ3) is 2.52. The summed E-state index contributed by atoms with van der Waals surface area (Å²) in [4.78, 5) is 18.1. The molecule has 0 saturated heterocycles. The molecular formula is C17H20N2O3. The number of aryl methyl sites for hydroxylation is 1. The van der Waals surface area contributed by atoms with Gasteiger partial charge in [0.1, 0.15) is 6.10 Å². The summed E-state index contributed by atoms with van der Waals surface area (Å²) < 4.78 is 5.05. The van der Waals surface area contributed by atoms with Crippen molar-refractivity contribution in [1.82, 2.24) is 9.88 Å². The molecule has 5 nitrogen and oxygen atoms in total. The Bertz CT molecular complexity index is 714. The summed E-state index contributed by atoms with van der Waals surface area (Å²) in [6, 6.07) is 7.91. The number of β-amino-alcohol motifs (C(OH)–C–C–N with tert-alkyl or cyclic N) is 1. The fourth-order valence-corrected chi connectivity index (χ4v) is 3.05. The van der Waals surface area contributed by atoms with Gasteiger partial charge in [-0.15, -0.1) is 0 Å². The number of pyridine rings is 1. The molecule has 1 aromatic heterocycles. The Morgan fingerprint density at radius 3 is 3.00 bits per heavy atom. The summed E-state index contributed by atoms with van der Waals surface area (Å²) >= 11 is 0. The fraction of sp³-hybridized carbons (Fsp3) is 0.412. The van der Waals surface area contributed by atoms with Crippen LogP contribution in [0.1, 0.15) is 29.8 Å². The SMILES string of the molecule is CCOC(=O)N1CCc2c(nc3ccccc3c2C)C(O)C1. The second kappa shape index (κ2) is 5.93. The zero-order valence-corrected chi connectivity index (χ0v) is 12.9. The Kier molecular flexibility index (Phi) is 3.98. The van der Waals surface area contributed by atoms with E-state index < -0.39 is 6.10 Å². The predicted octanol–water partition coefficient (Wildman–Crippen LogP) is 2.59. The van der Waals surface area contributed by atoms with E-state index in [2.05, 4.69) is 11.9 Å². The van der Waals surface area contributed by atoms with Crippen LogP contribution in [0.4, 0.5) is 4.79 Å². The molecule has 0 radical (unpaired) electrons. The van der Waals surface area contributed by atoms with Crippen LogP contribution < -0.4 is 0 Å². The minimum Gasteiger partial charge on any atom is -0.450 e. The van der Waals surface area contributed by atoms with Crippen LogP contribution in [0.2, 0.25) is 0 Å². The number of ether oxygens (including phenoxy) is 1. The van der Waals surface area contributed by atoms with Crippen LogP contribution in [0.3, 0.4) is 0 Å². The number of benzene rings is 1. The highest BCUT2D eigenvalue weighted by molar-refractivity contribution is 5.83. The number of carbonyl (C=O) groups is 1. The lowest BCUT2D eigenvalue weighted by atomic mass is 9.98. The van der Waals surface area contributed by atoms with Crippen LogP contribution in [-0.2, 0) is 11.2 Å². The lowest BCUT2D eigenvalue weighted by Crippen LogP contribution is -2.35. The normalized spacial score (nSPS) is 18.0. The molecule has 1 atom stereocenters. The zero-order chi connectivity index (χ0) is 15.7. The van der Waals surface area contributed by atoms with E-state index in [0.717, 1.165) is 22.0 Å². The zero-order valence-electron chi connectivity index (χ0n) is 12.9. The molecule has 0 aliphatic carbocycles. The highest BCUT2D eigenvalue weighted by atomic mass is 16.6. The number of fused-ring (bicyclic) bond motifs is 2. The molecule has 2 aromatic rings. The first-order chi connectivity index (χ1) is 10.6. The lowest BCUT2D eigenvalue weighted by molar-refractivity contribution is 0.0787. The van der Waals surface area contributed by atoms with E-state index >= 15 is 0 Å². The number of rotatable bonds is 1. The van der Waals surface area contributed by atoms with Gasteiger partial charge in [-0.1, -0.05) is 18.2 Å². The van der Waals surface area contributed by atoms with Crippen molar-refractivity contribution in [2.45, 2.75) is 26.4 Å². The van der Waals surface area contributed by atoms with Crippen molar-refractivity contribution in [2.24, 2.45) is 0 Å². The largest absolute Gasteiger partial charge is 0.450 e. The summed E-state index contributed by atoms with van der Waals surface area (Å²) in [6.45, 7) is 4.91. The summed E-state index contributed by atoms with van der Waals surface area (Å²) in [5, 5.41) is 11.6. The van der Waals surface area contributed by atoms with Crippen molar-refractivity contribution in [2.75, 3.05) is 19.7 Å². The lowest BCUT2D eigenvalue weighted by Gasteiger charge is -2.21. The quantitative estimate of drug-likeness (QED) is 0.879. The Morgan fingerprint density at radius 2 is 2.23 bits per heavy atom. The van der Waals surface area contributed by atoms with Crippen LogP contribution in [0, 0.1) is 6.92 Å². The summed E-state index contributed by atoms with van der Waals surface area (Å²) in [5.74, 6) is 0. The highest BCUT2D eigenvalue weighted by Gasteiger charge is 2.27. The van der Waals surface area contributed by atoms with Gasteiger partial charge in [0, 0.05) is 11.9 Å². The molecule has 2 heterocycles. The Labute approximate surface area is 129 Å². The summed E-state index contributed by atoms with van der Waals surface area (Å²) in [6.07, 6.45) is -0.490. The van der Waals surface area contributed by atoms with Gasteiger partial charge in [-0.25, -0.2) is 9.78 Å². The molecule has 1 unspecified atom stereocenters. The predicted molar refractivity (Wildman–Crippen MR) is 83.7 cm³/mol. The Balaban J connectivity index is 2.01. The minimum atomic E-state index is -0.787. The molecule has 0 spiro atoms. The average Bonchev–Trinajstić information content (AvgIpc) is 2.68. The molecule has 0 saturated carbocycles. The highest BCUT2D eigenvalue weighted by Crippen LogP contribution is 2.29. The van der Waals surface area contributed by atoms with Crippen LogP contribution in [0.5, 0.6) is 0 Å². The maximum Gasteiger partial charge on any atom is 0.409 e. The van der Waals surface area contributed by atoms with Gasteiger partial charge < -0.3 is 14.7 Å². The molecule has 116 valence electrons. The minimum absolute atomic E-state index is 0.219. The van der Waals surface area contributed by atoms with Gasteiger partial charge in [-0.3, -0.25) is 0 Å². The van der Waals surface area contributed by atoms with Crippen LogP contribution in [-0.4, -0.2) is 40.8 Å². The number of hydrogen-bond donors (Lipinski definition) is 1. The van der Waals surface area contributed by atoms with Crippen molar-refractivity contribution >= 4 is 17.0 Å². The smallest absolute Gasteiger partial charge is 0.409 e. The maximum absolute atomic E-state index is 11.9. The molecule has 1 aliphatic heterocycles. The van der Waals surface area contributed by atoms with E-state index in [1.807, 2.05) is 24.3 Å². The third-order valence-electron chi connectivity index (χ3n) is 4.18. The molecular weight excluding hydrogens is 280 g/mol. The standard InChI is InChI=1S/C17H20N2O3/c1-3-22-17(21)19-9-8-13-11(2)12-6-4-5-7-14(12)18-16(13)15(20)10-19/h4-7,15,20H,3,8-10H2,1-2H3. The maximum atomic E-state index is 11.9. The van der Waals surface area contributed by atoms with Crippen molar-refractivity contribution in [3.8, 4) is 0 Å². The van der Waals surface area contributed by atoms with Crippen molar-refractivity contribution in [3.05, 3.63) is 41.1 Å². The second-order valence-electron chi connectivity index (χ2n) is 5.53. The van der Waals surface area contributed by atoms with Gasteiger partial charge in [-0.2, -0.15) is 0 Å². The van der Waals surface area contributed by atoms with Crippen LogP contribution in [0.15, 0.2) is 24.3 Å². The molecule has 1 amide bonds. The van der Waals surface area contributed by atoms with Gasteiger partial charge in [0.15, 0.2) is 0 Å². The second-order valence-corrected chi connectivity index (χ2v) is 5.53. The van der Waals surface area contributed by atoms with E-state index in [4.69, 9.17) is 4.74 Å². The van der Waals surface area contributed by atoms with Crippen LogP contribution >= 0.6 is 0 Å². The van der Waals surface area contributed by atoms with E-state index in [-0.39, 0.29) is 12.6 Å². The first kappa shape index (κ1) is 14.8. The number of nitrogens with zero attached hydrogens (tertiary/aromatic N) is 2. The van der Waals surface area contributed by atoms with Gasteiger partial charge in [0.05, 0.1) is 24.4 Å². The van der Waals surface area contributed by atoms with E-state index in [1.165, 1.54) is 0 Å². The average molecular weight is 300 g/mol. The number of carbonyl (C=O) groups excluding carboxylic acids is 1. The van der Waals surface area contributed by atoms with Crippen molar-refractivity contribution in [1.29, 1.82) is 0 Å². The van der Waals surface area contributed by atoms with E-state index in [9.17, 15) is 9.90 Å². The van der Waals surface area contributed by atoms with Crippen molar-refractivity contribution < 1.29 is 14.6 Å². The third-order valence-corrected chi connectivity index (χ3v) is 4.18. The molecule has 5 heteroatoms. The summed E-state index contributed by atoms with van der Waals surface area (Å²) in [7, 11) is 0. The number of aliphatic hydroxyl groups excluding tert-OH is 1. The number of aromatic nitrogens is 1. The Morgan fingerprint density at radius 1 is 1.45 bits per heavy atom. The van der Waals surface area contributed by atoms with Gasteiger partial charge in [-0.05, 0) is 37.5 Å². The monoisotopic (exact) mass is 300 g/mol. The van der Waals surface area contributed by atoms with E-state index in [0.29, 0.717) is 25.3 Å². The summed E-state index contributed by atoms with van der Waals surface area (Å²) in [5.41, 5.74) is 3.73. The first-order valence-electron chi connectivity index (χ1n) is 7.59. The number of amides is 1. The molecule has 0 fully saturated rings. The van der Waals surface area contributed by atoms with Crippen molar-refractivity contribution in [3.63, 3.8) is 0 Å². The molecule has 1 N–H and O–H groups in total. The fourth-order valence-electron chi connectivity index (χ4n) is 3.05. The number of para-hydroxylation sites is 1. The molecule has 22 heavy (non-hydrogen) atoms. The molecule has 0 bridgehead atoms. The van der Waals surface area contributed by atoms with Gasteiger partial charge >= 0.3 is 6.09 Å². The van der Waals surface area contributed by atoms with Crippen LogP contribution in [0.25, 0.3) is 10.9 Å².